The fraction of sp³-hybridized carbons (Fsp3) is 0.630. The molecule has 0 fully saturated rings. The third kappa shape index (κ3) is 10.4. The van der Waals surface area contributed by atoms with Crippen molar-refractivity contribution < 1.29 is 33.0 Å². The largest absolute Gasteiger partial charge is 0.487 e. The molecule has 0 aliphatic carbocycles. The van der Waals surface area contributed by atoms with Crippen molar-refractivity contribution >= 4 is 5.78 Å². The molecule has 0 saturated heterocycles. The highest BCUT2D eigenvalue weighted by Crippen LogP contribution is 2.29. The van der Waals surface area contributed by atoms with E-state index in [1.807, 2.05) is 12.1 Å². The Morgan fingerprint density at radius 3 is 2.26 bits per heavy atom. The number of hydrogen-bond acceptors (Lipinski definition) is 6. The lowest BCUT2D eigenvalue weighted by Crippen LogP contribution is -2.30. The van der Waals surface area contributed by atoms with Crippen LogP contribution in [-0.2, 0) is 27.3 Å². The van der Waals surface area contributed by atoms with Gasteiger partial charge in [-0.05, 0) is 43.9 Å². The molecule has 0 spiro atoms. The van der Waals surface area contributed by atoms with Crippen molar-refractivity contribution in [2.75, 3.05) is 52.9 Å². The van der Waals surface area contributed by atoms with Crippen LogP contribution in [0.2, 0.25) is 0 Å². The summed E-state index contributed by atoms with van der Waals surface area (Å²) >= 11 is 0. The van der Waals surface area contributed by atoms with Crippen LogP contribution in [0.1, 0.15) is 55.8 Å². The second-order valence-electron chi connectivity index (χ2n) is 8.67. The number of ether oxygens (including phenoxy) is 5. The molecule has 2 aromatic rings. The standard InChI is InChI=1S/C27H41N2O6/c1-2-3-10-28-12-13-29(23-28)11-6-4-5-7-25(30)24-8-9-26-27(22-24)35-21-19-33-17-15-31-14-16-32-18-20-34-26/h8-9,12-13,22-23H,2-7,10-11,14-21H2,1H3/q+1. The minimum atomic E-state index is 0.127. The second kappa shape index (κ2) is 16.3. The molecule has 0 amide bonds. The highest BCUT2D eigenvalue weighted by molar-refractivity contribution is 5.96. The highest BCUT2D eigenvalue weighted by atomic mass is 16.6. The lowest BCUT2D eigenvalue weighted by atomic mass is 10.0. The average molecular weight is 490 g/mol. The van der Waals surface area contributed by atoms with Crippen LogP contribution in [0.4, 0.5) is 0 Å². The number of Topliss-reactive ketones (excluding diaryl/α,β-unsaturated/α-hetero) is 1. The van der Waals surface area contributed by atoms with Gasteiger partial charge in [-0.25, -0.2) is 9.13 Å². The third-order valence-corrected chi connectivity index (χ3v) is 5.82. The van der Waals surface area contributed by atoms with Crippen LogP contribution >= 0.6 is 0 Å². The quantitative estimate of drug-likeness (QED) is 0.287. The fourth-order valence-corrected chi connectivity index (χ4v) is 3.82. The van der Waals surface area contributed by atoms with Crippen molar-refractivity contribution in [3.63, 3.8) is 0 Å². The SMILES string of the molecule is CCCCn1cc[n+](CCCCCC(=O)c2ccc3c(c2)OCCOCCOCCOCCO3)c1. The molecule has 0 atom stereocenters. The Hall–Kier alpha value is -2.42. The Bertz CT molecular complexity index is 869. The van der Waals surface area contributed by atoms with Gasteiger partial charge in [0.05, 0.1) is 52.7 Å². The van der Waals surface area contributed by atoms with Crippen LogP contribution in [0.5, 0.6) is 11.5 Å². The van der Waals surface area contributed by atoms with Crippen LogP contribution in [-0.4, -0.2) is 63.2 Å². The number of aromatic nitrogens is 2. The molecular weight excluding hydrogens is 448 g/mol. The van der Waals surface area contributed by atoms with Gasteiger partial charge >= 0.3 is 0 Å². The topological polar surface area (TPSA) is 72.0 Å². The molecule has 1 aromatic heterocycles. The number of imidazole rings is 1. The Balaban J connectivity index is 1.44. The van der Waals surface area contributed by atoms with E-state index in [0.29, 0.717) is 76.3 Å². The molecule has 0 N–H and O–H groups in total. The summed E-state index contributed by atoms with van der Waals surface area (Å²) in [5.41, 5.74) is 0.651. The van der Waals surface area contributed by atoms with Gasteiger partial charge in [0.2, 0.25) is 6.33 Å². The number of hydrogen-bond donors (Lipinski definition) is 0. The number of carbonyl (C=O) groups is 1. The predicted octanol–water partition coefficient (Wildman–Crippen LogP) is 3.84. The van der Waals surface area contributed by atoms with E-state index in [0.717, 1.165) is 32.4 Å². The van der Waals surface area contributed by atoms with Crippen LogP contribution in [0.15, 0.2) is 36.9 Å². The molecule has 0 unspecified atom stereocenters. The summed E-state index contributed by atoms with van der Waals surface area (Å²) in [5.74, 6) is 1.30. The Morgan fingerprint density at radius 1 is 0.857 bits per heavy atom. The first-order chi connectivity index (χ1) is 17.3. The Morgan fingerprint density at radius 2 is 1.54 bits per heavy atom. The normalized spacial score (nSPS) is 15.8. The molecule has 3 rings (SSSR count). The van der Waals surface area contributed by atoms with Crippen LogP contribution in [0.3, 0.4) is 0 Å². The summed E-state index contributed by atoms with van der Waals surface area (Å²) in [4.78, 5) is 12.8. The number of fused-ring (bicyclic) bond motifs is 1. The summed E-state index contributed by atoms with van der Waals surface area (Å²) < 4.78 is 32.6. The van der Waals surface area contributed by atoms with E-state index in [9.17, 15) is 4.79 Å². The second-order valence-corrected chi connectivity index (χ2v) is 8.67. The monoisotopic (exact) mass is 489 g/mol. The summed E-state index contributed by atoms with van der Waals surface area (Å²) in [6.45, 7) is 8.03. The van der Waals surface area contributed by atoms with Gasteiger partial charge in [0.15, 0.2) is 17.3 Å². The molecule has 0 bridgehead atoms. The van der Waals surface area contributed by atoms with E-state index in [1.54, 1.807) is 6.07 Å². The zero-order valence-electron chi connectivity index (χ0n) is 21.1. The molecule has 35 heavy (non-hydrogen) atoms. The van der Waals surface area contributed by atoms with Crippen molar-refractivity contribution in [2.24, 2.45) is 0 Å². The van der Waals surface area contributed by atoms with E-state index < -0.39 is 0 Å². The van der Waals surface area contributed by atoms with Gasteiger partial charge in [-0.1, -0.05) is 13.3 Å². The maximum absolute atomic E-state index is 12.8. The van der Waals surface area contributed by atoms with E-state index in [4.69, 9.17) is 23.7 Å². The Kier molecular flexibility index (Phi) is 12.6. The maximum Gasteiger partial charge on any atom is 0.243 e. The number of rotatable bonds is 10. The minimum Gasteiger partial charge on any atom is -0.487 e. The van der Waals surface area contributed by atoms with Gasteiger partial charge in [-0.3, -0.25) is 4.79 Å². The highest BCUT2D eigenvalue weighted by Gasteiger charge is 2.13. The van der Waals surface area contributed by atoms with E-state index >= 15 is 0 Å². The summed E-state index contributed by atoms with van der Waals surface area (Å²) in [6, 6.07) is 5.41. The molecule has 2 heterocycles. The number of unbranched alkanes of at least 4 members (excludes halogenated alkanes) is 3. The Labute approximate surface area is 209 Å². The fourth-order valence-electron chi connectivity index (χ4n) is 3.82. The van der Waals surface area contributed by atoms with Crippen molar-refractivity contribution in [2.45, 2.75) is 58.5 Å². The van der Waals surface area contributed by atoms with Crippen molar-refractivity contribution in [3.05, 3.63) is 42.5 Å². The van der Waals surface area contributed by atoms with Crippen LogP contribution < -0.4 is 14.0 Å². The smallest absolute Gasteiger partial charge is 0.243 e. The molecule has 1 aliphatic heterocycles. The van der Waals surface area contributed by atoms with Gasteiger partial charge in [0.25, 0.3) is 0 Å². The van der Waals surface area contributed by atoms with Gasteiger partial charge in [0.1, 0.15) is 25.6 Å². The summed E-state index contributed by atoms with van der Waals surface area (Å²) in [7, 11) is 0. The first-order valence-corrected chi connectivity index (χ1v) is 13.0. The minimum absolute atomic E-state index is 0.127. The molecular formula is C27H41N2O6+. The summed E-state index contributed by atoms with van der Waals surface area (Å²) in [5, 5.41) is 0. The first-order valence-electron chi connectivity index (χ1n) is 13.0. The molecule has 8 nitrogen and oxygen atoms in total. The molecule has 8 heteroatoms. The molecule has 0 radical (unpaired) electrons. The number of carbonyl (C=O) groups excluding carboxylic acids is 1. The number of aryl methyl sites for hydroxylation is 2. The van der Waals surface area contributed by atoms with E-state index in [-0.39, 0.29) is 5.78 Å². The zero-order valence-corrected chi connectivity index (χ0v) is 21.1. The van der Waals surface area contributed by atoms with E-state index in [2.05, 4.69) is 34.8 Å². The van der Waals surface area contributed by atoms with Gasteiger partial charge < -0.3 is 23.7 Å². The predicted molar refractivity (Wildman–Crippen MR) is 132 cm³/mol. The summed E-state index contributed by atoms with van der Waals surface area (Å²) in [6.07, 6.45) is 12.3. The molecule has 1 aliphatic rings. The zero-order chi connectivity index (χ0) is 24.6. The van der Waals surface area contributed by atoms with Crippen molar-refractivity contribution in [1.82, 2.24) is 4.57 Å². The number of nitrogens with zero attached hydrogens (tertiary/aromatic N) is 2. The first kappa shape index (κ1) is 27.2. The average Bonchev–Trinajstić information content (AvgIpc) is 3.32. The van der Waals surface area contributed by atoms with Crippen molar-refractivity contribution in [3.8, 4) is 11.5 Å². The molecule has 0 saturated carbocycles. The van der Waals surface area contributed by atoms with Gasteiger partial charge in [0, 0.05) is 12.0 Å². The lowest BCUT2D eigenvalue weighted by molar-refractivity contribution is -0.696. The van der Waals surface area contributed by atoms with Crippen LogP contribution in [0.25, 0.3) is 0 Å². The number of benzene rings is 1. The van der Waals surface area contributed by atoms with Gasteiger partial charge in [-0.15, -0.1) is 0 Å². The van der Waals surface area contributed by atoms with Gasteiger partial charge in [-0.2, -0.15) is 0 Å². The van der Waals surface area contributed by atoms with E-state index in [1.165, 1.54) is 12.8 Å². The van der Waals surface area contributed by atoms with Crippen LogP contribution in [0, 0.1) is 0 Å². The lowest BCUT2D eigenvalue weighted by Gasteiger charge is -2.14. The maximum atomic E-state index is 12.8. The molecule has 194 valence electrons. The molecule has 1 aromatic carbocycles. The third-order valence-electron chi connectivity index (χ3n) is 5.82. The number of ketones is 1. The van der Waals surface area contributed by atoms with Crippen molar-refractivity contribution in [1.29, 1.82) is 0 Å².